The van der Waals surface area contributed by atoms with Gasteiger partial charge in [-0.05, 0) is 73.9 Å². The molecule has 0 aliphatic heterocycles. The van der Waals surface area contributed by atoms with E-state index in [4.69, 9.17) is 0 Å². The van der Waals surface area contributed by atoms with Crippen molar-refractivity contribution >= 4 is 17.6 Å². The minimum absolute atomic E-state index is 0.0649. The molecule has 3 aromatic rings. The first-order chi connectivity index (χ1) is 17.7. The van der Waals surface area contributed by atoms with E-state index >= 15 is 0 Å². The molecule has 2 N–H and O–H groups in total. The lowest BCUT2D eigenvalue weighted by Crippen LogP contribution is -2.27. The Hall–Kier alpha value is -3.66. The second-order valence-electron chi connectivity index (χ2n) is 9.77. The Kier molecular flexibility index (Phi) is 7.97. The molecule has 2 aromatic heterocycles. The molecule has 1 aliphatic carbocycles. The Labute approximate surface area is 215 Å². The van der Waals surface area contributed by atoms with Crippen molar-refractivity contribution in [3.05, 3.63) is 59.2 Å². The summed E-state index contributed by atoms with van der Waals surface area (Å²) in [7, 11) is 1.81. The van der Waals surface area contributed by atoms with Crippen molar-refractivity contribution in [2.45, 2.75) is 52.0 Å². The number of nitrogens with zero attached hydrogens (tertiary/aromatic N) is 5. The van der Waals surface area contributed by atoms with Crippen LogP contribution in [-0.4, -0.2) is 61.8 Å². The van der Waals surface area contributed by atoms with Gasteiger partial charge < -0.3 is 19.9 Å². The van der Waals surface area contributed by atoms with Gasteiger partial charge in [-0.2, -0.15) is 0 Å². The summed E-state index contributed by atoms with van der Waals surface area (Å²) in [4.78, 5) is 31.7. The van der Waals surface area contributed by atoms with Gasteiger partial charge in [0.1, 0.15) is 23.7 Å². The summed E-state index contributed by atoms with van der Waals surface area (Å²) in [5, 5.41) is 20.2. The molecular weight excluding hydrogens is 475 g/mol. The van der Waals surface area contributed by atoms with E-state index in [9.17, 15) is 19.1 Å². The van der Waals surface area contributed by atoms with Crippen LogP contribution in [0.3, 0.4) is 0 Å². The fourth-order valence-corrected chi connectivity index (χ4v) is 4.61. The number of carbonyl (C=O) groups is 2. The predicted octanol–water partition coefficient (Wildman–Crippen LogP) is 3.96. The normalized spacial score (nSPS) is 17.4. The molecule has 0 bridgehead atoms. The molecule has 1 aromatic carbocycles. The summed E-state index contributed by atoms with van der Waals surface area (Å²) in [5.41, 5.74) is 2.06. The van der Waals surface area contributed by atoms with Gasteiger partial charge in [-0.25, -0.2) is 9.37 Å². The summed E-state index contributed by atoms with van der Waals surface area (Å²) in [6.45, 7) is 6.31. The molecular formula is C27H33FN6O3. The number of aryl methyl sites for hydroxylation is 1. The molecule has 1 saturated carbocycles. The van der Waals surface area contributed by atoms with Gasteiger partial charge in [-0.15, -0.1) is 10.2 Å². The van der Waals surface area contributed by atoms with Gasteiger partial charge in [0.2, 0.25) is 5.91 Å². The number of aliphatic hydroxyl groups excluding tert-OH is 1. The molecule has 37 heavy (non-hydrogen) atoms. The minimum Gasteiger partial charge on any atom is -0.394 e. The van der Waals surface area contributed by atoms with Crippen molar-refractivity contribution in [3.63, 3.8) is 0 Å². The second-order valence-corrected chi connectivity index (χ2v) is 9.77. The molecule has 196 valence electrons. The average Bonchev–Trinajstić information content (AvgIpc) is 3.44. The first kappa shape index (κ1) is 26.4. The molecule has 10 heteroatoms. The smallest absolute Gasteiger partial charge is 0.259 e. The summed E-state index contributed by atoms with van der Waals surface area (Å²) in [6, 6.07) is 7.77. The molecule has 4 rings (SSSR count). The van der Waals surface area contributed by atoms with E-state index in [1.54, 1.807) is 33.7 Å². The summed E-state index contributed by atoms with van der Waals surface area (Å²) in [6.07, 6.45) is 3.71. The zero-order valence-electron chi connectivity index (χ0n) is 21.6. The third-order valence-electron chi connectivity index (χ3n) is 6.88. The van der Waals surface area contributed by atoms with Crippen molar-refractivity contribution in [2.24, 2.45) is 5.92 Å². The lowest BCUT2D eigenvalue weighted by atomic mass is 9.98. The van der Waals surface area contributed by atoms with Crippen LogP contribution in [-0.2, 0) is 4.79 Å². The van der Waals surface area contributed by atoms with Crippen LogP contribution < -0.4 is 5.32 Å². The Morgan fingerprint density at radius 1 is 1.32 bits per heavy atom. The monoisotopic (exact) mass is 508 g/mol. The number of nitrogens with one attached hydrogen (secondary N) is 1. The Morgan fingerprint density at radius 3 is 2.84 bits per heavy atom. The quantitative estimate of drug-likeness (QED) is 0.429. The van der Waals surface area contributed by atoms with E-state index in [-0.39, 0.29) is 41.8 Å². The topological polar surface area (TPSA) is 113 Å². The molecule has 0 saturated heterocycles. The number of aromatic nitrogens is 4. The fraction of sp³-hybridized carbons (Fsp3) is 0.444. The number of aliphatic hydroxyl groups is 1. The SMILES string of the molecule is CCCN(C)C(=O)CC1CC1c1cc(C(=O)Nc2cccc(-c3nncn3[C@H](C)CO)n2)c(F)cc1C. The molecule has 2 unspecified atom stereocenters. The highest BCUT2D eigenvalue weighted by Gasteiger charge is 2.41. The Bertz CT molecular complexity index is 1290. The number of benzene rings is 1. The molecule has 1 aliphatic rings. The van der Waals surface area contributed by atoms with Crippen LogP contribution in [0.5, 0.6) is 0 Å². The van der Waals surface area contributed by atoms with Crippen LogP contribution in [0.15, 0.2) is 36.7 Å². The maximum absolute atomic E-state index is 14.9. The molecule has 0 radical (unpaired) electrons. The number of hydrogen-bond acceptors (Lipinski definition) is 6. The van der Waals surface area contributed by atoms with E-state index < -0.39 is 11.7 Å². The lowest BCUT2D eigenvalue weighted by Gasteiger charge is -2.16. The van der Waals surface area contributed by atoms with Crippen LogP contribution in [0.2, 0.25) is 0 Å². The van der Waals surface area contributed by atoms with Gasteiger partial charge in [0.05, 0.1) is 18.2 Å². The average molecular weight is 509 g/mol. The first-order valence-corrected chi connectivity index (χ1v) is 12.6. The zero-order valence-corrected chi connectivity index (χ0v) is 21.6. The summed E-state index contributed by atoms with van der Waals surface area (Å²) >= 11 is 0. The summed E-state index contributed by atoms with van der Waals surface area (Å²) < 4.78 is 16.6. The van der Waals surface area contributed by atoms with E-state index in [0.717, 1.165) is 30.5 Å². The van der Waals surface area contributed by atoms with Gasteiger partial charge in [-0.1, -0.05) is 13.0 Å². The molecule has 3 atom stereocenters. The van der Waals surface area contributed by atoms with Crippen LogP contribution in [0.1, 0.15) is 66.6 Å². The number of hydrogen-bond donors (Lipinski definition) is 2. The van der Waals surface area contributed by atoms with Crippen LogP contribution >= 0.6 is 0 Å². The van der Waals surface area contributed by atoms with Gasteiger partial charge in [0, 0.05) is 20.0 Å². The molecule has 1 fully saturated rings. The van der Waals surface area contributed by atoms with Crippen LogP contribution in [0, 0.1) is 18.7 Å². The second kappa shape index (κ2) is 11.2. The highest BCUT2D eigenvalue weighted by atomic mass is 19.1. The van der Waals surface area contributed by atoms with E-state index in [2.05, 4.69) is 20.5 Å². The number of carbonyl (C=O) groups excluding carboxylic acids is 2. The number of halogens is 1. The Balaban J connectivity index is 1.50. The van der Waals surface area contributed by atoms with Crippen LogP contribution in [0.4, 0.5) is 10.2 Å². The first-order valence-electron chi connectivity index (χ1n) is 12.6. The van der Waals surface area contributed by atoms with Crippen molar-refractivity contribution < 1.29 is 19.1 Å². The molecule has 9 nitrogen and oxygen atoms in total. The van der Waals surface area contributed by atoms with Crippen molar-refractivity contribution in [1.82, 2.24) is 24.6 Å². The van der Waals surface area contributed by atoms with E-state index in [0.29, 0.717) is 17.9 Å². The third kappa shape index (κ3) is 5.85. The lowest BCUT2D eigenvalue weighted by molar-refractivity contribution is -0.130. The zero-order chi connectivity index (χ0) is 26.7. The number of anilines is 1. The minimum atomic E-state index is -0.609. The highest BCUT2D eigenvalue weighted by molar-refractivity contribution is 6.04. The van der Waals surface area contributed by atoms with E-state index in [1.807, 2.05) is 27.8 Å². The van der Waals surface area contributed by atoms with Gasteiger partial charge in [0.15, 0.2) is 5.82 Å². The van der Waals surface area contributed by atoms with Crippen molar-refractivity contribution in [2.75, 3.05) is 25.5 Å². The van der Waals surface area contributed by atoms with Gasteiger partial charge in [0.25, 0.3) is 5.91 Å². The number of pyridine rings is 1. The maximum atomic E-state index is 14.9. The fourth-order valence-electron chi connectivity index (χ4n) is 4.61. The highest BCUT2D eigenvalue weighted by Crippen LogP contribution is 2.51. The van der Waals surface area contributed by atoms with Gasteiger partial charge >= 0.3 is 0 Å². The Morgan fingerprint density at radius 2 is 2.11 bits per heavy atom. The third-order valence-corrected chi connectivity index (χ3v) is 6.88. The largest absolute Gasteiger partial charge is 0.394 e. The van der Waals surface area contributed by atoms with E-state index in [1.165, 1.54) is 12.4 Å². The van der Waals surface area contributed by atoms with Crippen molar-refractivity contribution in [3.8, 4) is 11.5 Å². The van der Waals surface area contributed by atoms with Crippen molar-refractivity contribution in [1.29, 1.82) is 0 Å². The standard InChI is InChI=1S/C27H33FN6O3/c1-5-9-33(4)25(36)12-18-11-20(18)19-13-21(22(28)10-16(19)2)27(37)31-24-8-6-7-23(30-24)26-32-29-15-34(26)17(3)14-35/h6-8,10,13,15,17-18,20,35H,5,9,11-12,14H2,1-4H3,(H,30,31,37)/t17-,18?,20?/m1/s1. The maximum Gasteiger partial charge on any atom is 0.259 e. The molecule has 0 spiro atoms. The number of amides is 2. The number of rotatable bonds is 10. The molecule has 2 amide bonds. The molecule has 2 heterocycles. The van der Waals surface area contributed by atoms with Crippen LogP contribution in [0.25, 0.3) is 11.5 Å². The van der Waals surface area contributed by atoms with Gasteiger partial charge in [-0.3, -0.25) is 9.59 Å². The predicted molar refractivity (Wildman–Crippen MR) is 138 cm³/mol. The summed E-state index contributed by atoms with van der Waals surface area (Å²) in [5.74, 6) is -0.0880.